The number of aromatic amines is 1. The highest BCUT2D eigenvalue weighted by atomic mass is 16.2. The summed E-state index contributed by atoms with van der Waals surface area (Å²) in [6, 6.07) is 7.21. The molecule has 1 aliphatic heterocycles. The molecule has 9 heteroatoms. The molecule has 2 N–H and O–H groups in total. The number of likely N-dealkylation sites (tertiary alicyclic amines) is 1. The highest BCUT2D eigenvalue weighted by Crippen LogP contribution is 2.17. The Kier molecular flexibility index (Phi) is 8.46. The van der Waals surface area contributed by atoms with Crippen molar-refractivity contribution in [3.63, 3.8) is 0 Å². The lowest BCUT2D eigenvalue weighted by Gasteiger charge is -2.25. The molecule has 1 unspecified atom stereocenters. The molecular formula is C24H33N5O4. The molecule has 0 aliphatic carbocycles. The van der Waals surface area contributed by atoms with Crippen LogP contribution in [0.3, 0.4) is 0 Å². The number of amides is 4. The van der Waals surface area contributed by atoms with Gasteiger partial charge in [-0.3, -0.25) is 19.2 Å². The summed E-state index contributed by atoms with van der Waals surface area (Å²) in [4.78, 5) is 56.6. The number of nitrogens with one attached hydrogen (secondary N) is 2. The maximum absolute atomic E-state index is 12.8. The zero-order valence-electron chi connectivity index (χ0n) is 19.4. The van der Waals surface area contributed by atoms with Crippen LogP contribution in [0, 0.1) is 0 Å². The van der Waals surface area contributed by atoms with Crippen molar-refractivity contribution in [2.45, 2.75) is 38.1 Å². The number of nitrogens with zero attached hydrogens (tertiary/aromatic N) is 3. The maximum atomic E-state index is 12.8. The van der Waals surface area contributed by atoms with Crippen LogP contribution < -0.4 is 5.32 Å². The molecule has 1 aromatic heterocycles. The quantitative estimate of drug-likeness (QED) is 0.496. The van der Waals surface area contributed by atoms with Crippen LogP contribution in [-0.2, 0) is 25.6 Å². The zero-order valence-corrected chi connectivity index (χ0v) is 19.4. The van der Waals surface area contributed by atoms with Crippen molar-refractivity contribution in [1.29, 1.82) is 0 Å². The van der Waals surface area contributed by atoms with Gasteiger partial charge in [0.15, 0.2) is 0 Å². The summed E-state index contributed by atoms with van der Waals surface area (Å²) in [5.41, 5.74) is 2.15. The molecule has 0 radical (unpaired) electrons. The van der Waals surface area contributed by atoms with Crippen LogP contribution in [-0.4, -0.2) is 90.1 Å². The number of hydrogen-bond acceptors (Lipinski definition) is 4. The van der Waals surface area contributed by atoms with Crippen molar-refractivity contribution < 1.29 is 19.2 Å². The molecule has 1 aliphatic rings. The fourth-order valence-electron chi connectivity index (χ4n) is 4.18. The zero-order chi connectivity index (χ0) is 23.8. The topological polar surface area (TPSA) is 106 Å². The average Bonchev–Trinajstić information content (AvgIpc) is 3.49. The van der Waals surface area contributed by atoms with Gasteiger partial charge in [-0.1, -0.05) is 18.2 Å². The van der Waals surface area contributed by atoms with Gasteiger partial charge in [0.2, 0.25) is 24.1 Å². The van der Waals surface area contributed by atoms with Crippen molar-refractivity contribution in [2.24, 2.45) is 0 Å². The van der Waals surface area contributed by atoms with Gasteiger partial charge < -0.3 is 25.0 Å². The molecule has 3 rings (SSSR count). The molecule has 33 heavy (non-hydrogen) atoms. The Morgan fingerprint density at radius 1 is 1.18 bits per heavy atom. The van der Waals surface area contributed by atoms with Crippen LogP contribution in [0.25, 0.3) is 10.9 Å². The third-order valence-corrected chi connectivity index (χ3v) is 6.22. The molecule has 0 saturated carbocycles. The van der Waals surface area contributed by atoms with Gasteiger partial charge >= 0.3 is 0 Å². The first-order valence-electron chi connectivity index (χ1n) is 11.4. The second kappa shape index (κ2) is 11.5. The number of benzene rings is 1. The van der Waals surface area contributed by atoms with Crippen LogP contribution in [0.5, 0.6) is 0 Å². The standard InChI is InChI=1S/C24H33N5O4/c1-27(16-23(32)29-13-5-6-14-29)22(31)10-9-21(28(2)17-30)24(33)25-12-11-18-15-26-20-8-4-3-7-19(18)20/h3-4,7-8,15,17,21,26H,5-6,9-14,16H2,1-2H3,(H,25,33). The summed E-state index contributed by atoms with van der Waals surface area (Å²) in [5.74, 6) is -0.577. The summed E-state index contributed by atoms with van der Waals surface area (Å²) in [6.45, 7) is 1.93. The van der Waals surface area contributed by atoms with E-state index < -0.39 is 6.04 Å². The first-order chi connectivity index (χ1) is 15.9. The monoisotopic (exact) mass is 455 g/mol. The van der Waals surface area contributed by atoms with E-state index in [2.05, 4.69) is 10.3 Å². The van der Waals surface area contributed by atoms with Crippen LogP contribution in [0.2, 0.25) is 0 Å². The van der Waals surface area contributed by atoms with E-state index in [4.69, 9.17) is 0 Å². The van der Waals surface area contributed by atoms with Gasteiger partial charge in [0.05, 0.1) is 6.54 Å². The number of H-pyrrole nitrogens is 1. The number of hydrogen-bond donors (Lipinski definition) is 2. The first-order valence-corrected chi connectivity index (χ1v) is 11.4. The summed E-state index contributed by atoms with van der Waals surface area (Å²) in [7, 11) is 3.12. The van der Waals surface area contributed by atoms with Gasteiger partial charge in [0.25, 0.3) is 0 Å². The lowest BCUT2D eigenvalue weighted by molar-refractivity contribution is -0.139. The number of carbonyl (C=O) groups is 4. The predicted molar refractivity (Wildman–Crippen MR) is 125 cm³/mol. The molecule has 1 fully saturated rings. The smallest absolute Gasteiger partial charge is 0.242 e. The van der Waals surface area contributed by atoms with Gasteiger partial charge in [-0.2, -0.15) is 0 Å². The minimum absolute atomic E-state index is 0.0316. The molecule has 2 heterocycles. The Balaban J connectivity index is 1.48. The molecule has 1 atom stereocenters. The van der Waals surface area contributed by atoms with Gasteiger partial charge in [0.1, 0.15) is 6.04 Å². The van der Waals surface area contributed by atoms with Crippen LogP contribution >= 0.6 is 0 Å². The van der Waals surface area contributed by atoms with Crippen molar-refractivity contribution >= 4 is 35.0 Å². The van der Waals surface area contributed by atoms with Gasteiger partial charge in [-0.15, -0.1) is 0 Å². The average molecular weight is 456 g/mol. The molecule has 1 aromatic carbocycles. The van der Waals surface area contributed by atoms with Crippen molar-refractivity contribution in [3.05, 3.63) is 36.0 Å². The molecule has 178 valence electrons. The van der Waals surface area contributed by atoms with Gasteiger partial charge in [-0.05, 0) is 37.3 Å². The van der Waals surface area contributed by atoms with E-state index >= 15 is 0 Å². The summed E-state index contributed by atoms with van der Waals surface area (Å²) in [6.07, 6.45) is 5.43. The number of likely N-dealkylation sites (N-methyl/N-ethyl adjacent to an activating group) is 2. The predicted octanol–water partition coefficient (Wildman–Crippen LogP) is 1.14. The molecule has 4 amide bonds. The molecule has 1 saturated heterocycles. The number of fused-ring (bicyclic) bond motifs is 1. The Morgan fingerprint density at radius 2 is 1.91 bits per heavy atom. The minimum Gasteiger partial charge on any atom is -0.361 e. The normalized spacial score (nSPS) is 14.2. The fraction of sp³-hybridized carbons (Fsp3) is 0.500. The van der Waals surface area contributed by atoms with Gasteiger partial charge in [0, 0.05) is 57.3 Å². The van der Waals surface area contributed by atoms with E-state index in [1.54, 1.807) is 11.9 Å². The van der Waals surface area contributed by atoms with Gasteiger partial charge in [-0.25, -0.2) is 0 Å². The summed E-state index contributed by atoms with van der Waals surface area (Å²) < 4.78 is 0. The van der Waals surface area contributed by atoms with Crippen molar-refractivity contribution in [3.8, 4) is 0 Å². The molecule has 2 aromatic rings. The fourth-order valence-corrected chi connectivity index (χ4v) is 4.18. The Bertz CT molecular complexity index is 982. The lowest BCUT2D eigenvalue weighted by Crippen LogP contribution is -2.46. The molecule has 0 bridgehead atoms. The number of carbonyl (C=O) groups excluding carboxylic acids is 4. The highest BCUT2D eigenvalue weighted by molar-refractivity contribution is 5.87. The SMILES string of the molecule is CN(CC(=O)N1CCCC1)C(=O)CCC(C(=O)NCCc1c[nH]c2ccccc12)N(C)C=O. The lowest BCUT2D eigenvalue weighted by atomic mass is 10.1. The Morgan fingerprint density at radius 3 is 2.64 bits per heavy atom. The second-order valence-electron chi connectivity index (χ2n) is 8.56. The Labute approximate surface area is 194 Å². The Hall–Kier alpha value is -3.36. The van der Waals surface area contributed by atoms with E-state index in [9.17, 15) is 19.2 Å². The van der Waals surface area contributed by atoms with Crippen molar-refractivity contribution in [1.82, 2.24) is 25.0 Å². The maximum Gasteiger partial charge on any atom is 0.242 e. The molecular weight excluding hydrogens is 422 g/mol. The number of para-hydroxylation sites is 1. The van der Waals surface area contributed by atoms with Crippen LogP contribution in [0.4, 0.5) is 0 Å². The first kappa shape index (κ1) is 24.3. The van der Waals surface area contributed by atoms with E-state index in [0.717, 1.165) is 42.4 Å². The van der Waals surface area contributed by atoms with Crippen LogP contribution in [0.15, 0.2) is 30.5 Å². The number of rotatable bonds is 11. The number of aromatic nitrogens is 1. The molecule has 9 nitrogen and oxygen atoms in total. The largest absolute Gasteiger partial charge is 0.361 e. The third-order valence-electron chi connectivity index (χ3n) is 6.22. The summed E-state index contributed by atoms with van der Waals surface area (Å²) >= 11 is 0. The highest BCUT2D eigenvalue weighted by Gasteiger charge is 2.25. The van der Waals surface area contributed by atoms with E-state index in [1.165, 1.54) is 16.8 Å². The summed E-state index contributed by atoms with van der Waals surface area (Å²) in [5, 5.41) is 4.00. The van der Waals surface area contributed by atoms with E-state index in [0.29, 0.717) is 19.4 Å². The third kappa shape index (κ3) is 6.34. The van der Waals surface area contributed by atoms with Crippen molar-refractivity contribution in [2.75, 3.05) is 40.3 Å². The van der Waals surface area contributed by atoms with Crippen LogP contribution in [0.1, 0.15) is 31.2 Å². The molecule has 0 spiro atoms. The minimum atomic E-state index is -0.753. The van der Waals surface area contributed by atoms with E-state index in [-0.39, 0.29) is 37.1 Å². The van der Waals surface area contributed by atoms with E-state index in [1.807, 2.05) is 30.5 Å². The second-order valence-corrected chi connectivity index (χ2v) is 8.56.